The van der Waals surface area contributed by atoms with E-state index < -0.39 is 0 Å². The smallest absolute Gasteiger partial charge is 0.253 e. The molecule has 0 aliphatic carbocycles. The van der Waals surface area contributed by atoms with E-state index in [9.17, 15) is 9.59 Å². The lowest BCUT2D eigenvalue weighted by Gasteiger charge is -2.36. The van der Waals surface area contributed by atoms with Crippen LogP contribution >= 0.6 is 0 Å². The van der Waals surface area contributed by atoms with Crippen LogP contribution in [0.1, 0.15) is 22.8 Å². The first kappa shape index (κ1) is 17.0. The molecular formula is C20H23N3O2. The first-order chi connectivity index (χ1) is 12.1. The lowest BCUT2D eigenvalue weighted by atomic mass is 10.1. The van der Waals surface area contributed by atoms with Gasteiger partial charge >= 0.3 is 0 Å². The van der Waals surface area contributed by atoms with Gasteiger partial charge in [0.1, 0.15) is 0 Å². The third-order valence-electron chi connectivity index (χ3n) is 4.43. The number of para-hydroxylation sites is 1. The van der Waals surface area contributed by atoms with Crippen molar-refractivity contribution in [3.8, 4) is 0 Å². The van der Waals surface area contributed by atoms with Gasteiger partial charge < -0.3 is 15.1 Å². The van der Waals surface area contributed by atoms with Crippen LogP contribution in [0.5, 0.6) is 0 Å². The molecule has 1 heterocycles. The Morgan fingerprint density at radius 2 is 1.56 bits per heavy atom. The number of hydrogen-bond donors (Lipinski definition) is 1. The van der Waals surface area contributed by atoms with E-state index in [1.165, 1.54) is 12.6 Å². The van der Waals surface area contributed by atoms with Gasteiger partial charge in [0.2, 0.25) is 5.91 Å². The highest BCUT2D eigenvalue weighted by Crippen LogP contribution is 2.17. The number of rotatable bonds is 4. The molecule has 0 unspecified atom stereocenters. The Bertz CT molecular complexity index is 720. The summed E-state index contributed by atoms with van der Waals surface area (Å²) in [5.41, 5.74) is 2.89. The Morgan fingerprint density at radius 1 is 0.920 bits per heavy atom. The van der Waals surface area contributed by atoms with Gasteiger partial charge in [-0.25, -0.2) is 0 Å². The van der Waals surface area contributed by atoms with Crippen LogP contribution in [0.3, 0.4) is 0 Å². The number of amides is 2. The zero-order chi connectivity index (χ0) is 17.6. The highest BCUT2D eigenvalue weighted by Gasteiger charge is 2.22. The molecule has 25 heavy (non-hydrogen) atoms. The van der Waals surface area contributed by atoms with Gasteiger partial charge in [-0.2, -0.15) is 0 Å². The molecule has 2 aromatic rings. The first-order valence-electron chi connectivity index (χ1n) is 8.56. The van der Waals surface area contributed by atoms with Gasteiger partial charge in [0.15, 0.2) is 0 Å². The summed E-state index contributed by atoms with van der Waals surface area (Å²) >= 11 is 0. The predicted molar refractivity (Wildman–Crippen MR) is 98.5 cm³/mol. The Kier molecular flexibility index (Phi) is 5.33. The molecular weight excluding hydrogens is 314 g/mol. The highest BCUT2D eigenvalue weighted by atomic mass is 16.2. The number of nitrogens with zero attached hydrogens (tertiary/aromatic N) is 2. The number of carbonyl (C=O) groups excluding carboxylic acids is 2. The SMILES string of the molecule is CC(=O)NCc1ccc(C(=O)N2CCN(c3ccccc3)CC2)cc1. The molecule has 1 saturated heterocycles. The van der Waals surface area contributed by atoms with E-state index in [0.29, 0.717) is 12.1 Å². The Balaban J connectivity index is 1.56. The second-order valence-electron chi connectivity index (χ2n) is 6.22. The van der Waals surface area contributed by atoms with E-state index >= 15 is 0 Å². The minimum Gasteiger partial charge on any atom is -0.368 e. The van der Waals surface area contributed by atoms with E-state index in [0.717, 1.165) is 31.7 Å². The van der Waals surface area contributed by atoms with Gasteiger partial charge in [0.25, 0.3) is 5.91 Å². The summed E-state index contributed by atoms with van der Waals surface area (Å²) in [4.78, 5) is 27.8. The quantitative estimate of drug-likeness (QED) is 0.931. The van der Waals surface area contributed by atoms with Crippen molar-refractivity contribution < 1.29 is 9.59 Å². The zero-order valence-corrected chi connectivity index (χ0v) is 14.4. The molecule has 0 atom stereocenters. The minimum absolute atomic E-state index is 0.0589. The highest BCUT2D eigenvalue weighted by molar-refractivity contribution is 5.94. The maximum absolute atomic E-state index is 12.7. The lowest BCUT2D eigenvalue weighted by Crippen LogP contribution is -2.48. The Hall–Kier alpha value is -2.82. The summed E-state index contributed by atoms with van der Waals surface area (Å²) < 4.78 is 0. The summed E-state index contributed by atoms with van der Waals surface area (Å²) in [6, 6.07) is 17.7. The zero-order valence-electron chi connectivity index (χ0n) is 14.4. The van der Waals surface area contributed by atoms with Crippen molar-refractivity contribution in [3.63, 3.8) is 0 Å². The van der Waals surface area contributed by atoms with E-state index in [1.54, 1.807) is 0 Å². The van der Waals surface area contributed by atoms with Crippen LogP contribution in [0.2, 0.25) is 0 Å². The molecule has 0 bridgehead atoms. The molecule has 130 valence electrons. The standard InChI is InChI=1S/C20H23N3O2/c1-16(24)21-15-17-7-9-18(10-8-17)20(25)23-13-11-22(12-14-23)19-5-3-2-4-6-19/h2-10H,11-15H2,1H3,(H,21,24). The topological polar surface area (TPSA) is 52.7 Å². The van der Waals surface area contributed by atoms with Crippen molar-refractivity contribution in [2.24, 2.45) is 0 Å². The monoisotopic (exact) mass is 337 g/mol. The average Bonchev–Trinajstić information content (AvgIpc) is 2.67. The van der Waals surface area contributed by atoms with Crippen molar-refractivity contribution in [1.82, 2.24) is 10.2 Å². The van der Waals surface area contributed by atoms with Crippen LogP contribution in [0.4, 0.5) is 5.69 Å². The molecule has 0 aromatic heterocycles. The van der Waals surface area contributed by atoms with Crippen molar-refractivity contribution >= 4 is 17.5 Å². The van der Waals surface area contributed by atoms with Crippen LogP contribution in [0.15, 0.2) is 54.6 Å². The summed E-state index contributed by atoms with van der Waals surface area (Å²) in [5, 5.41) is 2.75. The number of benzene rings is 2. The van der Waals surface area contributed by atoms with Crippen LogP contribution in [-0.2, 0) is 11.3 Å². The largest absolute Gasteiger partial charge is 0.368 e. The molecule has 1 aliphatic rings. The third kappa shape index (κ3) is 4.38. The van der Waals surface area contributed by atoms with E-state index in [4.69, 9.17) is 0 Å². The second kappa shape index (κ2) is 7.83. The second-order valence-corrected chi connectivity index (χ2v) is 6.22. The Morgan fingerprint density at radius 3 is 2.16 bits per heavy atom. The Labute approximate surface area is 148 Å². The van der Waals surface area contributed by atoms with Crippen LogP contribution in [0.25, 0.3) is 0 Å². The molecule has 1 N–H and O–H groups in total. The molecule has 0 saturated carbocycles. The fraction of sp³-hybridized carbons (Fsp3) is 0.300. The number of anilines is 1. The number of carbonyl (C=O) groups is 2. The van der Waals surface area contributed by atoms with Crippen LogP contribution < -0.4 is 10.2 Å². The van der Waals surface area contributed by atoms with Crippen molar-refractivity contribution in [2.75, 3.05) is 31.1 Å². The van der Waals surface area contributed by atoms with E-state index in [-0.39, 0.29) is 11.8 Å². The van der Waals surface area contributed by atoms with Gasteiger partial charge in [-0.05, 0) is 29.8 Å². The average molecular weight is 337 g/mol. The lowest BCUT2D eigenvalue weighted by molar-refractivity contribution is -0.119. The van der Waals surface area contributed by atoms with Crippen molar-refractivity contribution in [1.29, 1.82) is 0 Å². The summed E-state index contributed by atoms with van der Waals surface area (Å²) in [6.45, 7) is 5.11. The predicted octanol–water partition coefficient (Wildman–Crippen LogP) is 2.29. The summed E-state index contributed by atoms with van der Waals surface area (Å²) in [6.07, 6.45) is 0. The minimum atomic E-state index is -0.0589. The van der Waals surface area contributed by atoms with Gasteiger partial charge in [-0.3, -0.25) is 9.59 Å². The third-order valence-corrected chi connectivity index (χ3v) is 4.43. The van der Waals surface area contributed by atoms with Gasteiger partial charge in [0.05, 0.1) is 0 Å². The first-order valence-corrected chi connectivity index (χ1v) is 8.56. The molecule has 5 heteroatoms. The summed E-state index contributed by atoms with van der Waals surface area (Å²) in [7, 11) is 0. The molecule has 0 radical (unpaired) electrons. The maximum atomic E-state index is 12.7. The molecule has 5 nitrogen and oxygen atoms in total. The van der Waals surface area contributed by atoms with Crippen LogP contribution in [-0.4, -0.2) is 42.9 Å². The van der Waals surface area contributed by atoms with Crippen molar-refractivity contribution in [3.05, 3.63) is 65.7 Å². The van der Waals surface area contributed by atoms with Crippen molar-refractivity contribution in [2.45, 2.75) is 13.5 Å². The molecule has 1 aliphatic heterocycles. The molecule has 2 amide bonds. The van der Waals surface area contributed by atoms with Gasteiger partial charge in [-0.1, -0.05) is 30.3 Å². The molecule has 3 rings (SSSR count). The summed E-state index contributed by atoms with van der Waals surface area (Å²) in [5.74, 6) is 0.00947. The fourth-order valence-corrected chi connectivity index (χ4v) is 2.98. The number of piperazine rings is 1. The van der Waals surface area contributed by atoms with Gasteiger partial charge in [0, 0.05) is 50.9 Å². The van der Waals surface area contributed by atoms with Crippen LogP contribution in [0, 0.1) is 0 Å². The number of hydrogen-bond acceptors (Lipinski definition) is 3. The fourth-order valence-electron chi connectivity index (χ4n) is 2.98. The molecule has 2 aromatic carbocycles. The normalized spacial score (nSPS) is 14.3. The molecule has 1 fully saturated rings. The van der Waals surface area contributed by atoms with E-state index in [2.05, 4.69) is 22.3 Å². The number of nitrogens with one attached hydrogen (secondary N) is 1. The van der Waals surface area contributed by atoms with E-state index in [1.807, 2.05) is 47.4 Å². The van der Waals surface area contributed by atoms with Gasteiger partial charge in [-0.15, -0.1) is 0 Å². The maximum Gasteiger partial charge on any atom is 0.253 e. The molecule has 0 spiro atoms.